The van der Waals surface area contributed by atoms with E-state index >= 15 is 0 Å². The van der Waals surface area contributed by atoms with Gasteiger partial charge in [-0.15, -0.1) is 0 Å². The van der Waals surface area contributed by atoms with Gasteiger partial charge in [0.25, 0.3) is 5.91 Å². The number of aromatic nitrogens is 2. The van der Waals surface area contributed by atoms with Gasteiger partial charge in [0.1, 0.15) is 0 Å². The predicted molar refractivity (Wildman–Crippen MR) is 101 cm³/mol. The quantitative estimate of drug-likeness (QED) is 0.790. The highest BCUT2D eigenvalue weighted by Gasteiger charge is 2.25. The molecule has 0 spiro atoms. The fourth-order valence-electron chi connectivity index (χ4n) is 3.59. The second-order valence-electron chi connectivity index (χ2n) is 6.75. The second-order valence-corrected chi connectivity index (χ2v) is 6.75. The van der Waals surface area contributed by atoms with E-state index in [1.165, 1.54) is 0 Å². The first-order chi connectivity index (χ1) is 12.8. The SMILES string of the molecule is O=C(c1cc(-c2ccncc2)nc2ccccc12)N1CCCC(CO)C1. The van der Waals surface area contributed by atoms with Crippen LogP contribution >= 0.6 is 0 Å². The molecule has 1 saturated heterocycles. The Kier molecular flexibility index (Phi) is 4.63. The summed E-state index contributed by atoms with van der Waals surface area (Å²) in [4.78, 5) is 23.9. The zero-order valence-electron chi connectivity index (χ0n) is 14.5. The van der Waals surface area contributed by atoms with Crippen LogP contribution in [0, 0.1) is 5.92 Å². The Morgan fingerprint density at radius 3 is 2.81 bits per heavy atom. The fourth-order valence-corrected chi connectivity index (χ4v) is 3.59. The maximum absolute atomic E-state index is 13.3. The number of rotatable bonds is 3. The summed E-state index contributed by atoms with van der Waals surface area (Å²) in [5.74, 6) is 0.178. The minimum Gasteiger partial charge on any atom is -0.396 e. The van der Waals surface area contributed by atoms with Crippen LogP contribution in [0.25, 0.3) is 22.2 Å². The van der Waals surface area contributed by atoms with Crippen LogP contribution in [-0.4, -0.2) is 45.6 Å². The third kappa shape index (κ3) is 3.18. The number of carbonyl (C=O) groups is 1. The maximum Gasteiger partial charge on any atom is 0.254 e. The van der Waals surface area contributed by atoms with Gasteiger partial charge in [0.05, 0.1) is 16.8 Å². The minimum absolute atomic E-state index is 0.0112. The van der Waals surface area contributed by atoms with Crippen molar-refractivity contribution in [2.75, 3.05) is 19.7 Å². The summed E-state index contributed by atoms with van der Waals surface area (Å²) < 4.78 is 0. The monoisotopic (exact) mass is 347 g/mol. The molecule has 4 rings (SSSR count). The van der Waals surface area contributed by atoms with E-state index in [9.17, 15) is 9.90 Å². The summed E-state index contributed by atoms with van der Waals surface area (Å²) in [6.45, 7) is 1.47. The summed E-state index contributed by atoms with van der Waals surface area (Å²) in [6, 6.07) is 13.4. The molecule has 0 aliphatic carbocycles. The lowest BCUT2D eigenvalue weighted by atomic mass is 9.97. The standard InChI is InChI=1S/C21H21N3O2/c25-14-15-4-3-11-24(13-15)21(26)18-12-20(16-7-9-22-10-8-16)23-19-6-2-1-5-17(18)19/h1-2,5-10,12,15,25H,3-4,11,13-14H2. The first-order valence-corrected chi connectivity index (χ1v) is 8.96. The van der Waals surface area contributed by atoms with Gasteiger partial charge in [0.2, 0.25) is 0 Å². The number of hydrogen-bond donors (Lipinski definition) is 1. The van der Waals surface area contributed by atoms with Crippen LogP contribution in [0.1, 0.15) is 23.2 Å². The summed E-state index contributed by atoms with van der Waals surface area (Å²) in [5, 5.41) is 10.3. The Morgan fingerprint density at radius 2 is 2.00 bits per heavy atom. The molecule has 0 bridgehead atoms. The molecule has 1 fully saturated rings. The topological polar surface area (TPSA) is 66.3 Å². The maximum atomic E-state index is 13.3. The average molecular weight is 347 g/mol. The number of nitrogens with zero attached hydrogens (tertiary/aromatic N) is 3. The smallest absolute Gasteiger partial charge is 0.254 e. The first kappa shape index (κ1) is 16.7. The Bertz CT molecular complexity index is 927. The van der Waals surface area contributed by atoms with E-state index in [0.717, 1.165) is 41.5 Å². The zero-order valence-corrected chi connectivity index (χ0v) is 14.5. The number of para-hydroxylation sites is 1. The van der Waals surface area contributed by atoms with E-state index in [1.54, 1.807) is 12.4 Å². The van der Waals surface area contributed by atoms with E-state index < -0.39 is 0 Å². The van der Waals surface area contributed by atoms with Gasteiger partial charge in [-0.25, -0.2) is 4.98 Å². The molecule has 1 atom stereocenters. The van der Waals surface area contributed by atoms with E-state index in [-0.39, 0.29) is 18.4 Å². The zero-order chi connectivity index (χ0) is 17.9. The number of benzene rings is 1. The van der Waals surface area contributed by atoms with Crippen LogP contribution in [0.15, 0.2) is 54.9 Å². The number of amides is 1. The van der Waals surface area contributed by atoms with Gasteiger partial charge in [-0.05, 0) is 43.0 Å². The summed E-state index contributed by atoms with van der Waals surface area (Å²) in [7, 11) is 0. The number of aliphatic hydroxyl groups is 1. The normalized spacial score (nSPS) is 17.4. The Hall–Kier alpha value is -2.79. The number of likely N-dealkylation sites (tertiary alicyclic amines) is 1. The molecular weight excluding hydrogens is 326 g/mol. The number of piperidine rings is 1. The van der Waals surface area contributed by atoms with Gasteiger partial charge in [-0.1, -0.05) is 18.2 Å². The van der Waals surface area contributed by atoms with E-state index in [4.69, 9.17) is 4.98 Å². The van der Waals surface area contributed by atoms with Gasteiger partial charge in [-0.3, -0.25) is 9.78 Å². The molecule has 1 aromatic carbocycles. The van der Waals surface area contributed by atoms with Crippen LogP contribution in [0.3, 0.4) is 0 Å². The highest BCUT2D eigenvalue weighted by Crippen LogP contribution is 2.27. The Balaban J connectivity index is 1.79. The van der Waals surface area contributed by atoms with Crippen molar-refractivity contribution in [3.8, 4) is 11.3 Å². The predicted octanol–water partition coefficient (Wildman–Crippen LogP) is 3.14. The summed E-state index contributed by atoms with van der Waals surface area (Å²) in [5.41, 5.74) is 3.18. The van der Waals surface area contributed by atoms with Crippen LogP contribution in [0.4, 0.5) is 0 Å². The van der Waals surface area contributed by atoms with Crippen molar-refractivity contribution in [3.05, 3.63) is 60.4 Å². The van der Waals surface area contributed by atoms with Gasteiger partial charge >= 0.3 is 0 Å². The molecule has 1 amide bonds. The van der Waals surface area contributed by atoms with E-state index in [2.05, 4.69) is 4.98 Å². The lowest BCUT2D eigenvalue weighted by Gasteiger charge is -2.32. The van der Waals surface area contributed by atoms with Crippen LogP contribution in [0.2, 0.25) is 0 Å². The van der Waals surface area contributed by atoms with E-state index in [0.29, 0.717) is 12.1 Å². The molecule has 0 saturated carbocycles. The third-order valence-electron chi connectivity index (χ3n) is 4.99. The molecule has 5 heteroatoms. The van der Waals surface area contributed by atoms with Crippen LogP contribution in [-0.2, 0) is 0 Å². The van der Waals surface area contributed by atoms with Crippen molar-refractivity contribution in [2.45, 2.75) is 12.8 Å². The average Bonchev–Trinajstić information content (AvgIpc) is 2.73. The minimum atomic E-state index is 0.0112. The van der Waals surface area contributed by atoms with Crippen LogP contribution < -0.4 is 0 Å². The summed E-state index contributed by atoms with van der Waals surface area (Å²) >= 11 is 0. The summed E-state index contributed by atoms with van der Waals surface area (Å²) in [6.07, 6.45) is 5.35. The van der Waals surface area contributed by atoms with Crippen molar-refractivity contribution in [1.29, 1.82) is 0 Å². The number of aliphatic hydroxyl groups excluding tert-OH is 1. The molecule has 2 aromatic heterocycles. The number of fused-ring (bicyclic) bond motifs is 1. The molecule has 132 valence electrons. The van der Waals surface area contributed by atoms with E-state index in [1.807, 2.05) is 47.4 Å². The highest BCUT2D eigenvalue weighted by atomic mass is 16.3. The molecule has 3 heterocycles. The number of pyridine rings is 2. The van der Waals surface area contributed by atoms with Gasteiger partial charge in [-0.2, -0.15) is 0 Å². The Labute approximate surface area is 152 Å². The fraction of sp³-hybridized carbons (Fsp3) is 0.286. The Morgan fingerprint density at radius 1 is 1.19 bits per heavy atom. The highest BCUT2D eigenvalue weighted by molar-refractivity contribution is 6.07. The molecule has 1 N–H and O–H groups in total. The first-order valence-electron chi connectivity index (χ1n) is 8.96. The molecule has 1 unspecified atom stereocenters. The van der Waals surface area contributed by atoms with Crippen molar-refractivity contribution in [3.63, 3.8) is 0 Å². The van der Waals surface area contributed by atoms with Gasteiger partial charge in [0.15, 0.2) is 0 Å². The number of carbonyl (C=O) groups excluding carboxylic acids is 1. The van der Waals surface area contributed by atoms with Crippen molar-refractivity contribution < 1.29 is 9.90 Å². The van der Waals surface area contributed by atoms with Crippen molar-refractivity contribution in [1.82, 2.24) is 14.9 Å². The molecule has 5 nitrogen and oxygen atoms in total. The molecular formula is C21H21N3O2. The largest absolute Gasteiger partial charge is 0.396 e. The molecule has 3 aromatic rings. The second kappa shape index (κ2) is 7.22. The molecule has 0 radical (unpaired) electrons. The number of hydrogen-bond acceptors (Lipinski definition) is 4. The third-order valence-corrected chi connectivity index (χ3v) is 4.99. The molecule has 26 heavy (non-hydrogen) atoms. The van der Waals surface area contributed by atoms with Gasteiger partial charge < -0.3 is 10.0 Å². The lowest BCUT2D eigenvalue weighted by molar-refractivity contribution is 0.0622. The molecule has 1 aliphatic rings. The lowest BCUT2D eigenvalue weighted by Crippen LogP contribution is -2.41. The molecule has 1 aliphatic heterocycles. The van der Waals surface area contributed by atoms with Crippen LogP contribution in [0.5, 0.6) is 0 Å². The van der Waals surface area contributed by atoms with Gasteiger partial charge in [0, 0.05) is 43.0 Å². The van der Waals surface area contributed by atoms with Crippen molar-refractivity contribution >= 4 is 16.8 Å². The van der Waals surface area contributed by atoms with Crippen molar-refractivity contribution in [2.24, 2.45) is 5.92 Å².